The molecule has 5 nitrogen and oxygen atoms in total. The van der Waals surface area contributed by atoms with Crippen LogP contribution in [0.4, 0.5) is 0 Å². The molecule has 2 heterocycles. The lowest BCUT2D eigenvalue weighted by atomic mass is 9.88. The van der Waals surface area contributed by atoms with Gasteiger partial charge in [-0.05, 0) is 24.7 Å². The van der Waals surface area contributed by atoms with Gasteiger partial charge in [-0.1, -0.05) is 6.07 Å². The molecule has 0 amide bonds. The van der Waals surface area contributed by atoms with Crippen LogP contribution in [0, 0.1) is 5.92 Å². The van der Waals surface area contributed by atoms with Crippen LogP contribution in [0.1, 0.15) is 11.6 Å². The minimum Gasteiger partial charge on any atom is -0.408 e. The summed E-state index contributed by atoms with van der Waals surface area (Å²) in [5, 5.41) is 6.60. The monoisotopic (exact) mass is 233 g/mol. The van der Waals surface area contributed by atoms with Crippen molar-refractivity contribution in [2.45, 2.75) is 6.04 Å². The van der Waals surface area contributed by atoms with Crippen LogP contribution < -0.4 is 16.4 Å². The van der Waals surface area contributed by atoms with Crippen LogP contribution in [-0.4, -0.2) is 25.1 Å². The summed E-state index contributed by atoms with van der Waals surface area (Å²) < 4.78 is 4.99. The molecule has 0 bridgehead atoms. The van der Waals surface area contributed by atoms with E-state index in [-0.39, 0.29) is 0 Å². The van der Waals surface area contributed by atoms with Crippen molar-refractivity contribution in [3.63, 3.8) is 0 Å². The van der Waals surface area contributed by atoms with Crippen LogP contribution in [0.15, 0.2) is 27.4 Å². The molecule has 0 spiro atoms. The molecule has 1 fully saturated rings. The summed E-state index contributed by atoms with van der Waals surface area (Å²) in [6, 6.07) is 6.16. The summed E-state index contributed by atoms with van der Waals surface area (Å²) in [6.07, 6.45) is 0. The Labute approximate surface area is 98.2 Å². The highest BCUT2D eigenvalue weighted by Crippen LogP contribution is 2.26. The zero-order valence-electron chi connectivity index (χ0n) is 9.62. The van der Waals surface area contributed by atoms with Crippen LogP contribution in [0.2, 0.25) is 0 Å². The average Bonchev–Trinajstić information content (AvgIpc) is 2.61. The van der Waals surface area contributed by atoms with E-state index in [2.05, 4.69) is 15.6 Å². The van der Waals surface area contributed by atoms with Gasteiger partial charge >= 0.3 is 5.76 Å². The molecule has 0 aliphatic carbocycles. The van der Waals surface area contributed by atoms with Gasteiger partial charge in [0, 0.05) is 25.0 Å². The van der Waals surface area contributed by atoms with Gasteiger partial charge in [0.2, 0.25) is 0 Å². The molecular formula is C12H15N3O2. The first-order valence-electron chi connectivity index (χ1n) is 5.78. The maximum Gasteiger partial charge on any atom is 0.417 e. The van der Waals surface area contributed by atoms with E-state index in [1.54, 1.807) is 0 Å². The molecule has 1 aromatic carbocycles. The van der Waals surface area contributed by atoms with Gasteiger partial charge in [-0.15, -0.1) is 0 Å². The molecule has 1 unspecified atom stereocenters. The van der Waals surface area contributed by atoms with Crippen LogP contribution in [0.3, 0.4) is 0 Å². The maximum atomic E-state index is 11.1. The third-order valence-electron chi connectivity index (χ3n) is 3.40. The van der Waals surface area contributed by atoms with Crippen LogP contribution in [0.25, 0.3) is 11.1 Å². The molecule has 0 radical (unpaired) electrons. The Balaban J connectivity index is 2.00. The lowest BCUT2D eigenvalue weighted by Crippen LogP contribution is -2.48. The van der Waals surface area contributed by atoms with Crippen molar-refractivity contribution in [1.82, 2.24) is 15.6 Å². The van der Waals surface area contributed by atoms with E-state index >= 15 is 0 Å². The molecule has 2 aromatic rings. The number of H-pyrrole nitrogens is 1. The van der Waals surface area contributed by atoms with Crippen molar-refractivity contribution in [1.29, 1.82) is 0 Å². The molecule has 1 aliphatic rings. The van der Waals surface area contributed by atoms with E-state index in [4.69, 9.17) is 4.42 Å². The molecule has 0 saturated carbocycles. The summed E-state index contributed by atoms with van der Waals surface area (Å²) >= 11 is 0. The van der Waals surface area contributed by atoms with E-state index in [1.807, 2.05) is 25.2 Å². The molecule has 3 N–H and O–H groups in total. The van der Waals surface area contributed by atoms with Crippen molar-refractivity contribution in [2.75, 3.05) is 20.1 Å². The van der Waals surface area contributed by atoms with Crippen molar-refractivity contribution in [3.05, 3.63) is 34.3 Å². The van der Waals surface area contributed by atoms with Crippen LogP contribution in [-0.2, 0) is 0 Å². The molecule has 17 heavy (non-hydrogen) atoms. The van der Waals surface area contributed by atoms with Crippen molar-refractivity contribution >= 4 is 11.1 Å². The van der Waals surface area contributed by atoms with E-state index in [0.717, 1.165) is 18.6 Å². The van der Waals surface area contributed by atoms with Gasteiger partial charge in [0.1, 0.15) is 0 Å². The zero-order chi connectivity index (χ0) is 11.8. The Kier molecular flexibility index (Phi) is 2.49. The fraction of sp³-hybridized carbons (Fsp3) is 0.417. The van der Waals surface area contributed by atoms with Gasteiger partial charge in [-0.2, -0.15) is 0 Å². The van der Waals surface area contributed by atoms with Gasteiger partial charge in [0.15, 0.2) is 5.58 Å². The van der Waals surface area contributed by atoms with E-state index < -0.39 is 5.76 Å². The van der Waals surface area contributed by atoms with Gasteiger partial charge in [0.05, 0.1) is 5.52 Å². The number of aromatic amines is 1. The molecule has 1 atom stereocenters. The topological polar surface area (TPSA) is 70.1 Å². The highest BCUT2D eigenvalue weighted by atomic mass is 16.4. The average molecular weight is 233 g/mol. The second kappa shape index (κ2) is 4.01. The molecule has 1 aromatic heterocycles. The van der Waals surface area contributed by atoms with Gasteiger partial charge in [-0.25, -0.2) is 4.79 Å². The standard InChI is InChI=1S/C12H15N3O2/c1-13-11(8-5-14-6-8)7-2-3-10-9(4-7)15-12(16)17-10/h2-4,8,11,13-14H,5-6H2,1H3,(H,15,16). The van der Waals surface area contributed by atoms with Crippen LogP contribution in [0.5, 0.6) is 0 Å². The van der Waals surface area contributed by atoms with Gasteiger partial charge in [-0.3, -0.25) is 4.98 Å². The molecule has 3 rings (SSSR count). The lowest BCUT2D eigenvalue weighted by molar-refractivity contribution is 0.268. The molecule has 1 aliphatic heterocycles. The number of oxazole rings is 1. The predicted octanol–water partition coefficient (Wildman–Crippen LogP) is 0.601. The number of nitrogens with one attached hydrogen (secondary N) is 3. The molecule has 1 saturated heterocycles. The number of hydrogen-bond donors (Lipinski definition) is 3. The number of hydrogen-bond acceptors (Lipinski definition) is 4. The third kappa shape index (κ3) is 1.77. The Morgan fingerprint density at radius 1 is 1.47 bits per heavy atom. The normalized spacial score (nSPS) is 18.2. The third-order valence-corrected chi connectivity index (χ3v) is 3.40. The fourth-order valence-electron chi connectivity index (χ4n) is 2.38. The first-order valence-corrected chi connectivity index (χ1v) is 5.78. The highest BCUT2D eigenvalue weighted by Gasteiger charge is 2.27. The molecule has 90 valence electrons. The Bertz CT molecular complexity index is 583. The first kappa shape index (κ1) is 10.6. The van der Waals surface area contributed by atoms with Crippen LogP contribution >= 0.6 is 0 Å². The minimum atomic E-state index is -0.400. The van der Waals surface area contributed by atoms with Crippen molar-refractivity contribution in [2.24, 2.45) is 5.92 Å². The summed E-state index contributed by atoms with van der Waals surface area (Å²) in [5.41, 5.74) is 2.56. The second-order valence-electron chi connectivity index (χ2n) is 4.45. The van der Waals surface area contributed by atoms with E-state index in [1.165, 1.54) is 5.56 Å². The second-order valence-corrected chi connectivity index (χ2v) is 4.45. The van der Waals surface area contributed by atoms with Gasteiger partial charge < -0.3 is 15.1 Å². The van der Waals surface area contributed by atoms with Gasteiger partial charge in [0.25, 0.3) is 0 Å². The largest absolute Gasteiger partial charge is 0.417 e. The minimum absolute atomic E-state index is 0.319. The smallest absolute Gasteiger partial charge is 0.408 e. The predicted molar refractivity (Wildman–Crippen MR) is 65.0 cm³/mol. The Morgan fingerprint density at radius 2 is 2.29 bits per heavy atom. The Hall–Kier alpha value is -1.59. The van der Waals surface area contributed by atoms with E-state index in [9.17, 15) is 4.79 Å². The first-order chi connectivity index (χ1) is 8.28. The molecular weight excluding hydrogens is 218 g/mol. The number of aromatic nitrogens is 1. The molecule has 5 heteroatoms. The summed E-state index contributed by atoms with van der Waals surface area (Å²) in [7, 11) is 1.96. The summed E-state index contributed by atoms with van der Waals surface area (Å²) in [5.74, 6) is 0.208. The highest BCUT2D eigenvalue weighted by molar-refractivity contribution is 5.72. The summed E-state index contributed by atoms with van der Waals surface area (Å²) in [4.78, 5) is 13.8. The number of benzene rings is 1. The fourth-order valence-corrected chi connectivity index (χ4v) is 2.38. The van der Waals surface area contributed by atoms with Crippen molar-refractivity contribution < 1.29 is 4.42 Å². The Morgan fingerprint density at radius 3 is 2.94 bits per heavy atom. The number of fused-ring (bicyclic) bond motifs is 1. The number of rotatable bonds is 3. The SMILES string of the molecule is CNC(c1ccc2oc(=O)[nH]c2c1)C1CNC1. The summed E-state index contributed by atoms with van der Waals surface area (Å²) in [6.45, 7) is 2.07. The lowest BCUT2D eigenvalue weighted by Gasteiger charge is -2.34. The van der Waals surface area contributed by atoms with Crippen molar-refractivity contribution in [3.8, 4) is 0 Å². The maximum absolute atomic E-state index is 11.1. The quantitative estimate of drug-likeness (QED) is 0.726. The van der Waals surface area contributed by atoms with E-state index in [0.29, 0.717) is 17.5 Å². The zero-order valence-corrected chi connectivity index (χ0v) is 9.62.